The van der Waals surface area contributed by atoms with Crippen LogP contribution in [0.25, 0.3) is 0 Å². The maximum atomic E-state index is 6.38. The average Bonchev–Trinajstić information content (AvgIpc) is 2.43. The van der Waals surface area contributed by atoms with Gasteiger partial charge in [-0.2, -0.15) is 0 Å². The second-order valence-corrected chi connectivity index (χ2v) is 5.98. The minimum Gasteiger partial charge on any atom is -0.492 e. The number of nitrogens with two attached hydrogens (primary N) is 1. The highest BCUT2D eigenvalue weighted by atomic mass is 35.5. The molecule has 0 heterocycles. The van der Waals surface area contributed by atoms with Crippen LogP contribution in [0.1, 0.15) is 50.6 Å². The van der Waals surface area contributed by atoms with Crippen LogP contribution >= 0.6 is 23.2 Å². The van der Waals surface area contributed by atoms with Gasteiger partial charge in [0.2, 0.25) is 0 Å². The minimum absolute atomic E-state index is 0.0269. The van der Waals surface area contributed by atoms with Crippen LogP contribution in [0.5, 0.6) is 5.75 Å². The van der Waals surface area contributed by atoms with Gasteiger partial charge >= 0.3 is 0 Å². The molecule has 0 amide bonds. The molecular weight excluding hydrogens is 281 g/mol. The molecule has 1 aliphatic carbocycles. The van der Waals surface area contributed by atoms with Crippen molar-refractivity contribution in [1.29, 1.82) is 0 Å². The molecule has 1 aromatic carbocycles. The van der Waals surface area contributed by atoms with E-state index in [9.17, 15) is 0 Å². The second kappa shape index (κ2) is 6.83. The Hall–Kier alpha value is -0.440. The van der Waals surface area contributed by atoms with Crippen LogP contribution in [-0.4, -0.2) is 6.61 Å². The third-order valence-electron chi connectivity index (χ3n) is 3.87. The molecule has 0 radical (unpaired) electrons. The van der Waals surface area contributed by atoms with E-state index >= 15 is 0 Å². The first kappa shape index (κ1) is 15.0. The van der Waals surface area contributed by atoms with Gasteiger partial charge in [0.15, 0.2) is 0 Å². The lowest BCUT2D eigenvalue weighted by molar-refractivity contribution is 0.307. The fourth-order valence-electron chi connectivity index (χ4n) is 2.81. The molecule has 2 N–H and O–H groups in total. The van der Waals surface area contributed by atoms with E-state index in [1.54, 1.807) is 6.07 Å². The summed E-state index contributed by atoms with van der Waals surface area (Å²) >= 11 is 12.6. The third kappa shape index (κ3) is 3.56. The molecule has 0 aliphatic heterocycles. The zero-order chi connectivity index (χ0) is 13.8. The topological polar surface area (TPSA) is 35.2 Å². The van der Waals surface area contributed by atoms with E-state index in [0.717, 1.165) is 5.56 Å². The molecule has 2 nitrogen and oxygen atoms in total. The Morgan fingerprint density at radius 3 is 2.53 bits per heavy atom. The van der Waals surface area contributed by atoms with Crippen molar-refractivity contribution in [3.63, 3.8) is 0 Å². The average molecular weight is 302 g/mol. The lowest BCUT2D eigenvalue weighted by Crippen LogP contribution is -2.23. The van der Waals surface area contributed by atoms with Gasteiger partial charge in [0.25, 0.3) is 0 Å². The number of benzene rings is 1. The maximum absolute atomic E-state index is 6.38. The number of ether oxygens (including phenoxy) is 1. The van der Waals surface area contributed by atoms with Gasteiger partial charge < -0.3 is 10.5 Å². The summed E-state index contributed by atoms with van der Waals surface area (Å²) in [4.78, 5) is 0. The third-order valence-corrected chi connectivity index (χ3v) is 4.49. The summed E-state index contributed by atoms with van der Waals surface area (Å²) in [5.41, 5.74) is 7.33. The summed E-state index contributed by atoms with van der Waals surface area (Å²) in [6.07, 6.45) is 6.22. The molecule has 0 spiro atoms. The van der Waals surface area contributed by atoms with Crippen molar-refractivity contribution in [2.75, 3.05) is 6.61 Å². The van der Waals surface area contributed by atoms with Crippen LogP contribution in [0.15, 0.2) is 12.1 Å². The van der Waals surface area contributed by atoms with Crippen LogP contribution in [0, 0.1) is 5.92 Å². The molecule has 1 atom stereocenters. The summed E-state index contributed by atoms with van der Waals surface area (Å²) in [5.74, 6) is 1.15. The maximum Gasteiger partial charge on any atom is 0.139 e. The van der Waals surface area contributed by atoms with Crippen LogP contribution in [0.3, 0.4) is 0 Å². The van der Waals surface area contributed by atoms with Crippen molar-refractivity contribution >= 4 is 23.2 Å². The Bertz CT molecular complexity index is 430. The normalized spacial score (nSPS) is 18.3. The van der Waals surface area contributed by atoms with E-state index in [1.165, 1.54) is 32.1 Å². The molecule has 4 heteroatoms. The van der Waals surface area contributed by atoms with E-state index in [1.807, 2.05) is 13.0 Å². The highest BCUT2D eigenvalue weighted by Gasteiger charge is 2.24. The fourth-order valence-corrected chi connectivity index (χ4v) is 3.32. The Morgan fingerprint density at radius 2 is 1.89 bits per heavy atom. The van der Waals surface area contributed by atoms with Gasteiger partial charge in [0, 0.05) is 17.1 Å². The Morgan fingerprint density at radius 1 is 1.21 bits per heavy atom. The van der Waals surface area contributed by atoms with E-state index in [-0.39, 0.29) is 6.04 Å². The second-order valence-electron chi connectivity index (χ2n) is 5.16. The first-order valence-corrected chi connectivity index (χ1v) is 7.76. The number of hydrogen-bond acceptors (Lipinski definition) is 2. The zero-order valence-electron chi connectivity index (χ0n) is 11.3. The lowest BCUT2D eigenvalue weighted by Gasteiger charge is -2.28. The zero-order valence-corrected chi connectivity index (χ0v) is 12.8. The molecule has 1 fully saturated rings. The van der Waals surface area contributed by atoms with E-state index in [2.05, 4.69) is 0 Å². The van der Waals surface area contributed by atoms with Crippen LogP contribution in [-0.2, 0) is 0 Å². The summed E-state index contributed by atoms with van der Waals surface area (Å²) in [6.45, 7) is 2.50. The molecule has 19 heavy (non-hydrogen) atoms. The first-order chi connectivity index (χ1) is 9.13. The molecule has 1 saturated carbocycles. The molecule has 2 rings (SSSR count). The molecule has 0 saturated heterocycles. The number of hydrogen-bond donors (Lipinski definition) is 1. The summed E-state index contributed by atoms with van der Waals surface area (Å²) < 4.78 is 5.44. The van der Waals surface area contributed by atoms with Crippen LogP contribution in [0.2, 0.25) is 10.0 Å². The van der Waals surface area contributed by atoms with Crippen molar-refractivity contribution < 1.29 is 4.74 Å². The Balaban J connectivity index is 2.21. The largest absolute Gasteiger partial charge is 0.492 e. The number of halogens is 2. The molecule has 0 aromatic heterocycles. The van der Waals surface area contributed by atoms with Gasteiger partial charge in [-0.1, -0.05) is 42.5 Å². The molecule has 1 unspecified atom stereocenters. The summed E-state index contributed by atoms with van der Waals surface area (Å²) in [6, 6.07) is 3.63. The van der Waals surface area contributed by atoms with Gasteiger partial charge in [-0.05, 0) is 37.3 Å². The highest BCUT2D eigenvalue weighted by molar-refractivity contribution is 6.34. The van der Waals surface area contributed by atoms with Crippen LogP contribution in [0.4, 0.5) is 0 Å². The van der Waals surface area contributed by atoms with Gasteiger partial charge in [-0.3, -0.25) is 0 Å². The van der Waals surface area contributed by atoms with E-state index in [4.69, 9.17) is 33.7 Å². The fraction of sp³-hybridized carbons (Fsp3) is 0.600. The molecule has 0 bridgehead atoms. The highest BCUT2D eigenvalue weighted by Crippen LogP contribution is 2.39. The van der Waals surface area contributed by atoms with Crippen molar-refractivity contribution in [2.24, 2.45) is 11.7 Å². The first-order valence-electron chi connectivity index (χ1n) is 7.00. The van der Waals surface area contributed by atoms with Crippen LogP contribution < -0.4 is 10.5 Å². The van der Waals surface area contributed by atoms with Gasteiger partial charge in [0.1, 0.15) is 5.75 Å². The predicted molar refractivity (Wildman–Crippen MR) is 81.1 cm³/mol. The predicted octanol–water partition coefficient (Wildman–Crippen LogP) is 4.97. The van der Waals surface area contributed by atoms with Gasteiger partial charge in [-0.25, -0.2) is 0 Å². The molecular formula is C15H21Cl2NO. The Kier molecular flexibility index (Phi) is 5.37. The van der Waals surface area contributed by atoms with Crippen molar-refractivity contribution in [3.05, 3.63) is 27.7 Å². The summed E-state index contributed by atoms with van der Waals surface area (Å²) in [7, 11) is 0. The van der Waals surface area contributed by atoms with Gasteiger partial charge in [-0.15, -0.1) is 0 Å². The smallest absolute Gasteiger partial charge is 0.139 e. The SMILES string of the molecule is CCOc1cc(Cl)c(C(N)C2CCCCC2)cc1Cl. The van der Waals surface area contributed by atoms with E-state index < -0.39 is 0 Å². The quantitative estimate of drug-likeness (QED) is 0.852. The monoisotopic (exact) mass is 301 g/mol. The molecule has 1 aliphatic rings. The Labute approximate surface area is 125 Å². The van der Waals surface area contributed by atoms with Crippen molar-refractivity contribution in [2.45, 2.75) is 45.1 Å². The molecule has 106 valence electrons. The minimum atomic E-state index is -0.0269. The standard InChI is InChI=1S/C15H21Cl2NO/c1-2-19-14-9-12(16)11(8-13(14)17)15(18)10-6-4-3-5-7-10/h8-10,15H,2-7,18H2,1H3. The summed E-state index contributed by atoms with van der Waals surface area (Å²) in [5, 5.41) is 1.25. The van der Waals surface area contributed by atoms with Gasteiger partial charge in [0.05, 0.1) is 11.6 Å². The van der Waals surface area contributed by atoms with E-state index in [0.29, 0.717) is 28.3 Å². The number of rotatable bonds is 4. The lowest BCUT2D eigenvalue weighted by atomic mass is 9.81. The van der Waals surface area contributed by atoms with Crippen molar-refractivity contribution in [1.82, 2.24) is 0 Å². The van der Waals surface area contributed by atoms with Crippen molar-refractivity contribution in [3.8, 4) is 5.75 Å². The molecule has 1 aromatic rings.